The van der Waals surface area contributed by atoms with Crippen LogP contribution in [0.25, 0.3) is 12.2 Å². The standard InChI is InChI=1S/C26H30N2O4/c29-23(7-5-21-3-1-9-31-21)27-17-25-12-19-11-20(13-25)15-26(14-19,16-25)18-28-24(30)8-6-22-4-2-10-32-22/h1-10,19-20H,11-18H2,(H,27,29)(H,28,30). The SMILES string of the molecule is O=C(C=Cc1ccco1)NCC12CC3CC(C1)CC(CNC(=O)C=Cc1ccco1)(C3)C2. The van der Waals surface area contributed by atoms with Gasteiger partial charge < -0.3 is 19.5 Å². The maximum absolute atomic E-state index is 12.4. The average molecular weight is 435 g/mol. The lowest BCUT2D eigenvalue weighted by atomic mass is 9.44. The molecule has 168 valence electrons. The van der Waals surface area contributed by atoms with E-state index in [2.05, 4.69) is 10.6 Å². The Balaban J connectivity index is 1.19. The number of carbonyl (C=O) groups excluding carboxylic acids is 2. The van der Waals surface area contributed by atoms with Gasteiger partial charge >= 0.3 is 0 Å². The molecule has 4 aliphatic rings. The van der Waals surface area contributed by atoms with E-state index < -0.39 is 0 Å². The second-order valence-electron chi connectivity index (χ2n) is 10.1. The van der Waals surface area contributed by atoms with Gasteiger partial charge in [-0.25, -0.2) is 0 Å². The van der Waals surface area contributed by atoms with Crippen LogP contribution in [-0.4, -0.2) is 24.9 Å². The number of furan rings is 2. The van der Waals surface area contributed by atoms with Crippen molar-refractivity contribution in [3.8, 4) is 0 Å². The second-order valence-corrected chi connectivity index (χ2v) is 10.1. The van der Waals surface area contributed by atoms with E-state index in [0.717, 1.165) is 6.42 Å². The summed E-state index contributed by atoms with van der Waals surface area (Å²) in [6.45, 7) is 1.41. The minimum absolute atomic E-state index is 0.0810. The molecule has 0 saturated heterocycles. The molecule has 6 rings (SSSR count). The van der Waals surface area contributed by atoms with E-state index in [1.165, 1.54) is 32.1 Å². The molecule has 4 aliphatic carbocycles. The van der Waals surface area contributed by atoms with Crippen LogP contribution in [0.1, 0.15) is 50.0 Å². The van der Waals surface area contributed by atoms with Gasteiger partial charge in [0.2, 0.25) is 11.8 Å². The van der Waals surface area contributed by atoms with Crippen LogP contribution in [-0.2, 0) is 9.59 Å². The minimum Gasteiger partial charge on any atom is -0.465 e. The van der Waals surface area contributed by atoms with E-state index >= 15 is 0 Å². The van der Waals surface area contributed by atoms with Crippen LogP contribution in [0.5, 0.6) is 0 Å². The average Bonchev–Trinajstić information content (AvgIpc) is 3.47. The Morgan fingerprint density at radius 3 is 1.72 bits per heavy atom. The predicted octanol–water partition coefficient (Wildman–Crippen LogP) is 4.42. The highest BCUT2D eigenvalue weighted by atomic mass is 16.3. The largest absolute Gasteiger partial charge is 0.465 e. The number of rotatable bonds is 8. The first-order valence-electron chi connectivity index (χ1n) is 11.5. The van der Waals surface area contributed by atoms with Crippen LogP contribution in [0.2, 0.25) is 0 Å². The van der Waals surface area contributed by atoms with Crippen molar-refractivity contribution in [2.45, 2.75) is 38.5 Å². The van der Waals surface area contributed by atoms with Crippen molar-refractivity contribution in [1.82, 2.24) is 10.6 Å². The Morgan fingerprint density at radius 1 is 0.844 bits per heavy atom. The van der Waals surface area contributed by atoms with E-state index in [4.69, 9.17) is 8.83 Å². The molecule has 2 heterocycles. The van der Waals surface area contributed by atoms with Crippen LogP contribution in [0, 0.1) is 22.7 Å². The molecule has 0 aromatic carbocycles. The summed E-state index contributed by atoms with van der Waals surface area (Å²) in [7, 11) is 0. The van der Waals surface area contributed by atoms with Gasteiger partial charge in [0, 0.05) is 25.2 Å². The van der Waals surface area contributed by atoms with Gasteiger partial charge in [0.05, 0.1) is 12.5 Å². The maximum Gasteiger partial charge on any atom is 0.244 e. The lowest BCUT2D eigenvalue weighted by molar-refractivity contribution is -0.127. The molecule has 2 N–H and O–H groups in total. The van der Waals surface area contributed by atoms with Crippen LogP contribution in [0.15, 0.2) is 57.8 Å². The first-order valence-corrected chi connectivity index (χ1v) is 11.5. The van der Waals surface area contributed by atoms with Crippen molar-refractivity contribution >= 4 is 24.0 Å². The van der Waals surface area contributed by atoms with Gasteiger partial charge in [-0.15, -0.1) is 0 Å². The Kier molecular flexibility index (Phi) is 5.53. The van der Waals surface area contributed by atoms with Crippen molar-refractivity contribution in [3.63, 3.8) is 0 Å². The molecule has 4 bridgehead atoms. The van der Waals surface area contributed by atoms with E-state index in [0.29, 0.717) is 36.4 Å². The summed E-state index contributed by atoms with van der Waals surface area (Å²) in [5.74, 6) is 2.58. The maximum atomic E-state index is 12.4. The van der Waals surface area contributed by atoms with Crippen molar-refractivity contribution in [2.75, 3.05) is 13.1 Å². The van der Waals surface area contributed by atoms with E-state index in [1.54, 1.807) is 49.0 Å². The van der Waals surface area contributed by atoms with Gasteiger partial charge in [0.15, 0.2) is 0 Å². The molecule has 0 spiro atoms. The summed E-state index contributed by atoms with van der Waals surface area (Å²) in [5, 5.41) is 6.29. The topological polar surface area (TPSA) is 84.5 Å². The molecule has 0 radical (unpaired) electrons. The molecule has 6 heteroatoms. The Bertz CT molecular complexity index is 911. The van der Waals surface area contributed by atoms with E-state index in [-0.39, 0.29) is 22.6 Å². The van der Waals surface area contributed by atoms with E-state index in [9.17, 15) is 9.59 Å². The normalized spacial score (nSPS) is 30.9. The Morgan fingerprint density at radius 2 is 1.31 bits per heavy atom. The van der Waals surface area contributed by atoms with Crippen molar-refractivity contribution in [1.29, 1.82) is 0 Å². The second kappa shape index (κ2) is 8.49. The minimum atomic E-state index is -0.0810. The molecule has 2 aromatic heterocycles. The molecule has 6 nitrogen and oxygen atoms in total. The molecular weight excluding hydrogens is 404 g/mol. The van der Waals surface area contributed by atoms with Gasteiger partial charge in [-0.1, -0.05) is 0 Å². The number of hydrogen-bond acceptors (Lipinski definition) is 4. The summed E-state index contributed by atoms with van der Waals surface area (Å²) in [5.41, 5.74) is 0.292. The van der Waals surface area contributed by atoms with Crippen LogP contribution < -0.4 is 10.6 Å². The molecule has 0 atom stereocenters. The number of amides is 2. The fourth-order valence-corrected chi connectivity index (χ4v) is 6.82. The summed E-state index contributed by atoms with van der Waals surface area (Å²) < 4.78 is 10.5. The van der Waals surface area contributed by atoms with Crippen LogP contribution in [0.3, 0.4) is 0 Å². The lowest BCUT2D eigenvalue weighted by Gasteiger charge is -2.62. The highest BCUT2D eigenvalue weighted by Gasteiger charge is 2.57. The Labute approximate surface area is 188 Å². The molecule has 4 fully saturated rings. The van der Waals surface area contributed by atoms with Gasteiger partial charge in [0.25, 0.3) is 0 Å². The molecular formula is C26H30N2O4. The number of hydrogen-bond donors (Lipinski definition) is 2. The van der Waals surface area contributed by atoms with Crippen molar-refractivity contribution in [3.05, 3.63) is 60.5 Å². The fraction of sp³-hybridized carbons (Fsp3) is 0.462. The van der Waals surface area contributed by atoms with Crippen LogP contribution >= 0.6 is 0 Å². The van der Waals surface area contributed by atoms with E-state index in [1.807, 2.05) is 12.1 Å². The summed E-state index contributed by atoms with van der Waals surface area (Å²) in [6.07, 6.45) is 16.8. The van der Waals surface area contributed by atoms with Crippen LogP contribution in [0.4, 0.5) is 0 Å². The zero-order valence-electron chi connectivity index (χ0n) is 18.2. The van der Waals surface area contributed by atoms with Gasteiger partial charge in [-0.05, 0) is 97.6 Å². The van der Waals surface area contributed by atoms with Crippen molar-refractivity contribution < 1.29 is 18.4 Å². The molecule has 2 aromatic rings. The number of nitrogens with one attached hydrogen (secondary N) is 2. The molecule has 0 aliphatic heterocycles. The fourth-order valence-electron chi connectivity index (χ4n) is 6.82. The monoisotopic (exact) mass is 434 g/mol. The third kappa shape index (κ3) is 4.59. The quantitative estimate of drug-likeness (QED) is 0.603. The smallest absolute Gasteiger partial charge is 0.244 e. The first kappa shape index (κ1) is 20.9. The third-order valence-corrected chi connectivity index (χ3v) is 7.46. The summed E-state index contributed by atoms with van der Waals surface area (Å²) in [4.78, 5) is 24.8. The Hall–Kier alpha value is -3.02. The highest BCUT2D eigenvalue weighted by Crippen LogP contribution is 2.64. The number of carbonyl (C=O) groups is 2. The molecule has 2 amide bonds. The molecule has 4 saturated carbocycles. The van der Waals surface area contributed by atoms with Gasteiger partial charge in [-0.2, -0.15) is 0 Å². The highest BCUT2D eigenvalue weighted by molar-refractivity contribution is 5.91. The molecule has 0 unspecified atom stereocenters. The lowest BCUT2D eigenvalue weighted by Crippen LogP contribution is -2.58. The third-order valence-electron chi connectivity index (χ3n) is 7.46. The summed E-state index contributed by atoms with van der Waals surface area (Å²) >= 11 is 0. The summed E-state index contributed by atoms with van der Waals surface area (Å²) in [6, 6.07) is 7.26. The van der Waals surface area contributed by atoms with Crippen molar-refractivity contribution in [2.24, 2.45) is 22.7 Å². The van der Waals surface area contributed by atoms with Gasteiger partial charge in [-0.3, -0.25) is 9.59 Å². The first-order chi connectivity index (χ1) is 15.5. The molecule has 32 heavy (non-hydrogen) atoms. The zero-order valence-corrected chi connectivity index (χ0v) is 18.2. The predicted molar refractivity (Wildman–Crippen MR) is 121 cm³/mol. The van der Waals surface area contributed by atoms with Gasteiger partial charge in [0.1, 0.15) is 11.5 Å². The zero-order chi connectivity index (χ0) is 22.0.